The molecule has 0 bridgehead atoms. The monoisotopic (exact) mass is 292 g/mol. The van der Waals surface area contributed by atoms with Gasteiger partial charge in [-0.05, 0) is 35.4 Å². The van der Waals surface area contributed by atoms with Gasteiger partial charge in [-0.25, -0.2) is 9.59 Å². The Morgan fingerprint density at radius 3 is 2.43 bits per heavy atom. The molecule has 0 unspecified atom stereocenters. The molecular formula is C16H20O5. The molecule has 1 aromatic carbocycles. The number of benzene rings is 1. The predicted octanol–water partition coefficient (Wildman–Crippen LogP) is 3.43. The summed E-state index contributed by atoms with van der Waals surface area (Å²) in [6.07, 6.45) is 2.86. The van der Waals surface area contributed by atoms with Crippen LogP contribution in [0.3, 0.4) is 0 Å². The lowest BCUT2D eigenvalue weighted by atomic mass is 9.75. The SMILES string of the molecule is C=CCc1ccc(C(=O)OO)c(C(=O)O)c1C(C)(C)CC. The lowest BCUT2D eigenvalue weighted by molar-refractivity contribution is -0.182. The van der Waals surface area contributed by atoms with E-state index in [1.165, 1.54) is 6.07 Å². The van der Waals surface area contributed by atoms with Crippen molar-refractivity contribution in [2.75, 3.05) is 0 Å². The van der Waals surface area contributed by atoms with Crippen molar-refractivity contribution in [2.45, 2.75) is 39.0 Å². The molecule has 1 aromatic rings. The molecule has 21 heavy (non-hydrogen) atoms. The van der Waals surface area contributed by atoms with E-state index in [0.717, 1.165) is 5.56 Å². The molecule has 1 rings (SSSR count). The summed E-state index contributed by atoms with van der Waals surface area (Å²) in [7, 11) is 0. The first-order valence-corrected chi connectivity index (χ1v) is 6.66. The van der Waals surface area contributed by atoms with Gasteiger partial charge >= 0.3 is 11.9 Å². The molecule has 5 nitrogen and oxygen atoms in total. The predicted molar refractivity (Wildman–Crippen MR) is 78.7 cm³/mol. The number of allylic oxidation sites excluding steroid dienone is 1. The second kappa shape index (κ2) is 6.54. The van der Waals surface area contributed by atoms with E-state index in [9.17, 15) is 14.7 Å². The highest BCUT2D eigenvalue weighted by Gasteiger charge is 2.31. The van der Waals surface area contributed by atoms with Gasteiger partial charge in [-0.3, -0.25) is 4.89 Å². The van der Waals surface area contributed by atoms with Crippen molar-refractivity contribution in [1.82, 2.24) is 0 Å². The van der Waals surface area contributed by atoms with Crippen LogP contribution in [0.25, 0.3) is 0 Å². The summed E-state index contributed by atoms with van der Waals surface area (Å²) in [4.78, 5) is 27.0. The van der Waals surface area contributed by atoms with Gasteiger partial charge in [0.05, 0.1) is 11.1 Å². The topological polar surface area (TPSA) is 83.8 Å². The van der Waals surface area contributed by atoms with Crippen LogP contribution in [0.15, 0.2) is 24.8 Å². The Balaban J connectivity index is 3.78. The van der Waals surface area contributed by atoms with E-state index in [1.54, 1.807) is 12.1 Å². The Bertz CT molecular complexity index is 572. The Kier molecular flexibility index (Phi) is 5.27. The van der Waals surface area contributed by atoms with Crippen LogP contribution in [-0.4, -0.2) is 22.3 Å². The summed E-state index contributed by atoms with van der Waals surface area (Å²) < 4.78 is 0. The summed E-state index contributed by atoms with van der Waals surface area (Å²) in [5.41, 5.74) is 0.635. The van der Waals surface area contributed by atoms with Crippen LogP contribution >= 0.6 is 0 Å². The van der Waals surface area contributed by atoms with Gasteiger partial charge in [0.1, 0.15) is 0 Å². The zero-order chi connectivity index (χ0) is 16.2. The largest absolute Gasteiger partial charge is 0.478 e. The van der Waals surface area contributed by atoms with E-state index in [2.05, 4.69) is 11.5 Å². The summed E-state index contributed by atoms with van der Waals surface area (Å²) in [5.74, 6) is -2.30. The number of hydrogen-bond donors (Lipinski definition) is 2. The first-order valence-electron chi connectivity index (χ1n) is 6.66. The van der Waals surface area contributed by atoms with Crippen LogP contribution in [0.2, 0.25) is 0 Å². The average molecular weight is 292 g/mol. The van der Waals surface area contributed by atoms with Crippen LogP contribution in [0.5, 0.6) is 0 Å². The summed E-state index contributed by atoms with van der Waals surface area (Å²) in [6.45, 7) is 9.44. The molecule has 0 spiro atoms. The fraction of sp³-hybridized carbons (Fsp3) is 0.375. The average Bonchev–Trinajstić information content (AvgIpc) is 2.45. The third-order valence-corrected chi connectivity index (χ3v) is 3.73. The maximum Gasteiger partial charge on any atom is 0.373 e. The molecule has 0 saturated carbocycles. The maximum absolute atomic E-state index is 11.7. The van der Waals surface area contributed by atoms with Crippen LogP contribution < -0.4 is 0 Å². The molecule has 0 amide bonds. The summed E-state index contributed by atoms with van der Waals surface area (Å²) >= 11 is 0. The lowest BCUT2D eigenvalue weighted by Crippen LogP contribution is -2.25. The standard InChI is InChI=1S/C16H20O5/c1-5-7-10-8-9-11(15(19)21-20)12(14(17)18)13(10)16(3,4)6-2/h5,8-9,20H,1,6-7H2,2-4H3,(H,17,18). The van der Waals surface area contributed by atoms with Crippen molar-refractivity contribution in [2.24, 2.45) is 0 Å². The molecule has 2 N–H and O–H groups in total. The first kappa shape index (κ1) is 16.9. The van der Waals surface area contributed by atoms with Gasteiger partial charge in [-0.1, -0.05) is 32.9 Å². The van der Waals surface area contributed by atoms with Crippen LogP contribution in [0, 0.1) is 0 Å². The van der Waals surface area contributed by atoms with Gasteiger partial charge in [0, 0.05) is 0 Å². The van der Waals surface area contributed by atoms with Gasteiger partial charge in [-0.2, -0.15) is 5.26 Å². The Hall–Kier alpha value is -2.14. The van der Waals surface area contributed by atoms with E-state index in [0.29, 0.717) is 18.4 Å². The van der Waals surface area contributed by atoms with Crippen molar-refractivity contribution in [1.29, 1.82) is 0 Å². The molecule has 0 fully saturated rings. The number of carbonyl (C=O) groups excluding carboxylic acids is 1. The minimum absolute atomic E-state index is 0.125. The smallest absolute Gasteiger partial charge is 0.373 e. The molecule has 0 aliphatic heterocycles. The second-order valence-electron chi connectivity index (χ2n) is 5.44. The zero-order valence-corrected chi connectivity index (χ0v) is 12.5. The van der Waals surface area contributed by atoms with Crippen molar-refractivity contribution in [3.8, 4) is 0 Å². The van der Waals surface area contributed by atoms with Gasteiger partial charge in [-0.15, -0.1) is 6.58 Å². The van der Waals surface area contributed by atoms with Crippen LogP contribution in [0.1, 0.15) is 59.0 Å². The highest BCUT2D eigenvalue weighted by atomic mass is 17.1. The summed E-state index contributed by atoms with van der Waals surface area (Å²) in [5, 5.41) is 18.1. The first-order chi connectivity index (χ1) is 9.80. The van der Waals surface area contributed by atoms with Gasteiger partial charge in [0.25, 0.3) is 0 Å². The molecule has 0 aliphatic carbocycles. The Morgan fingerprint density at radius 1 is 1.38 bits per heavy atom. The van der Waals surface area contributed by atoms with E-state index in [-0.39, 0.29) is 11.1 Å². The number of rotatable bonds is 6. The second-order valence-corrected chi connectivity index (χ2v) is 5.44. The van der Waals surface area contributed by atoms with Crippen molar-refractivity contribution < 1.29 is 24.8 Å². The Labute approximate surface area is 123 Å². The molecular weight excluding hydrogens is 272 g/mol. The number of carboxylic acid groups (broad SMARTS) is 1. The minimum Gasteiger partial charge on any atom is -0.478 e. The molecule has 114 valence electrons. The fourth-order valence-electron chi connectivity index (χ4n) is 2.36. The van der Waals surface area contributed by atoms with E-state index < -0.39 is 17.4 Å². The highest BCUT2D eigenvalue weighted by Crippen LogP contribution is 2.35. The van der Waals surface area contributed by atoms with Crippen LogP contribution in [-0.2, 0) is 16.7 Å². The van der Waals surface area contributed by atoms with Crippen molar-refractivity contribution in [3.63, 3.8) is 0 Å². The number of hydrogen-bond acceptors (Lipinski definition) is 4. The minimum atomic E-state index is -1.22. The molecule has 0 aromatic heterocycles. The summed E-state index contributed by atoms with van der Waals surface area (Å²) in [6, 6.07) is 3.03. The van der Waals surface area contributed by atoms with Crippen molar-refractivity contribution in [3.05, 3.63) is 47.0 Å². The number of carbonyl (C=O) groups is 2. The highest BCUT2D eigenvalue weighted by molar-refractivity contribution is 6.03. The molecule has 0 heterocycles. The maximum atomic E-state index is 11.7. The van der Waals surface area contributed by atoms with E-state index in [1.807, 2.05) is 20.8 Å². The zero-order valence-electron chi connectivity index (χ0n) is 12.5. The molecule has 0 aliphatic rings. The normalized spacial score (nSPS) is 11.0. The van der Waals surface area contributed by atoms with Crippen molar-refractivity contribution >= 4 is 11.9 Å². The van der Waals surface area contributed by atoms with E-state index >= 15 is 0 Å². The Morgan fingerprint density at radius 2 is 2.00 bits per heavy atom. The number of aromatic carboxylic acids is 1. The van der Waals surface area contributed by atoms with E-state index in [4.69, 9.17) is 5.26 Å². The molecule has 5 heteroatoms. The lowest BCUT2D eigenvalue weighted by Gasteiger charge is -2.29. The number of carboxylic acids is 1. The third-order valence-electron chi connectivity index (χ3n) is 3.73. The molecule has 0 atom stereocenters. The quantitative estimate of drug-likeness (QED) is 0.477. The van der Waals surface area contributed by atoms with Gasteiger partial charge in [0.15, 0.2) is 0 Å². The molecule has 0 radical (unpaired) electrons. The fourth-order valence-corrected chi connectivity index (χ4v) is 2.36. The van der Waals surface area contributed by atoms with Gasteiger partial charge < -0.3 is 5.11 Å². The molecule has 0 saturated heterocycles. The van der Waals surface area contributed by atoms with Crippen LogP contribution in [0.4, 0.5) is 0 Å². The third kappa shape index (κ3) is 3.31. The van der Waals surface area contributed by atoms with Gasteiger partial charge in [0.2, 0.25) is 0 Å².